The van der Waals surface area contributed by atoms with Crippen LogP contribution >= 0.6 is 11.8 Å². The predicted molar refractivity (Wildman–Crippen MR) is 82.4 cm³/mol. The molecular formula is C14H22N4O3S. The van der Waals surface area contributed by atoms with E-state index in [0.717, 1.165) is 25.1 Å². The highest BCUT2D eigenvalue weighted by molar-refractivity contribution is 7.99. The number of hydrogen-bond donors (Lipinski definition) is 1. The van der Waals surface area contributed by atoms with E-state index in [0.29, 0.717) is 24.9 Å². The zero-order valence-corrected chi connectivity index (χ0v) is 13.8. The summed E-state index contributed by atoms with van der Waals surface area (Å²) in [5.74, 6) is 0.723. The van der Waals surface area contributed by atoms with E-state index in [1.165, 1.54) is 11.8 Å². The Hall–Kier alpha value is -1.57. The van der Waals surface area contributed by atoms with Crippen LogP contribution in [0.15, 0.2) is 5.16 Å². The lowest BCUT2D eigenvalue weighted by Crippen LogP contribution is -2.43. The summed E-state index contributed by atoms with van der Waals surface area (Å²) < 4.78 is 5.05. The fourth-order valence-corrected chi connectivity index (χ4v) is 3.09. The first-order chi connectivity index (χ1) is 10.6. The van der Waals surface area contributed by atoms with Gasteiger partial charge in [-0.15, -0.1) is 5.10 Å². The minimum absolute atomic E-state index is 0.0156. The van der Waals surface area contributed by atoms with Crippen molar-refractivity contribution in [3.8, 4) is 0 Å². The lowest BCUT2D eigenvalue weighted by Gasteiger charge is -2.31. The van der Waals surface area contributed by atoms with E-state index in [1.54, 1.807) is 11.8 Å². The second-order valence-corrected chi connectivity index (χ2v) is 6.08. The van der Waals surface area contributed by atoms with Crippen LogP contribution < -0.4 is 0 Å². The fourth-order valence-electron chi connectivity index (χ4n) is 2.37. The van der Waals surface area contributed by atoms with Gasteiger partial charge in [-0.1, -0.05) is 18.7 Å². The van der Waals surface area contributed by atoms with Gasteiger partial charge in [-0.3, -0.25) is 14.7 Å². The quantitative estimate of drug-likeness (QED) is 0.625. The number of thioether (sulfide) groups is 1. The molecule has 1 N–H and O–H groups in total. The van der Waals surface area contributed by atoms with Gasteiger partial charge in [-0.05, 0) is 19.8 Å². The number of amides is 1. The van der Waals surface area contributed by atoms with E-state index < -0.39 is 0 Å². The minimum Gasteiger partial charge on any atom is -0.466 e. The number of carbonyl (C=O) groups is 2. The molecular weight excluding hydrogens is 304 g/mol. The van der Waals surface area contributed by atoms with Crippen LogP contribution in [0.2, 0.25) is 0 Å². The molecule has 1 aromatic heterocycles. The average molecular weight is 326 g/mol. The monoisotopic (exact) mass is 326 g/mol. The molecule has 7 nitrogen and oxygen atoms in total. The van der Waals surface area contributed by atoms with Gasteiger partial charge in [0.05, 0.1) is 18.3 Å². The van der Waals surface area contributed by atoms with Gasteiger partial charge in [-0.2, -0.15) is 0 Å². The first-order valence-corrected chi connectivity index (χ1v) is 8.61. The summed E-state index contributed by atoms with van der Waals surface area (Å²) in [5.41, 5.74) is 0. The number of ether oxygens (including phenoxy) is 1. The molecule has 1 aliphatic rings. The molecule has 0 aromatic carbocycles. The van der Waals surface area contributed by atoms with Crippen molar-refractivity contribution in [1.82, 2.24) is 20.1 Å². The Balaban J connectivity index is 1.82. The molecule has 0 spiro atoms. The molecule has 1 fully saturated rings. The molecule has 1 atom stereocenters. The molecule has 2 rings (SSSR count). The Morgan fingerprint density at radius 3 is 2.95 bits per heavy atom. The van der Waals surface area contributed by atoms with Crippen molar-refractivity contribution in [2.24, 2.45) is 5.92 Å². The topological polar surface area (TPSA) is 88.2 Å². The Labute approximate surface area is 134 Å². The summed E-state index contributed by atoms with van der Waals surface area (Å²) in [7, 11) is 0. The Morgan fingerprint density at radius 2 is 2.27 bits per heavy atom. The third-order valence-electron chi connectivity index (χ3n) is 3.56. The van der Waals surface area contributed by atoms with Gasteiger partial charge >= 0.3 is 5.97 Å². The number of rotatable bonds is 6. The predicted octanol–water partition coefficient (Wildman–Crippen LogP) is 1.26. The number of aromatic amines is 1. The zero-order chi connectivity index (χ0) is 15.9. The normalized spacial score (nSPS) is 18.3. The fraction of sp³-hybridized carbons (Fsp3) is 0.714. The maximum absolute atomic E-state index is 12.3. The average Bonchev–Trinajstić information content (AvgIpc) is 3.01. The molecule has 0 saturated carbocycles. The van der Waals surface area contributed by atoms with Crippen molar-refractivity contribution in [3.05, 3.63) is 5.82 Å². The van der Waals surface area contributed by atoms with Crippen LogP contribution in [0.4, 0.5) is 0 Å². The number of nitrogens with zero attached hydrogens (tertiary/aromatic N) is 3. The Morgan fingerprint density at radius 1 is 1.45 bits per heavy atom. The van der Waals surface area contributed by atoms with Crippen LogP contribution in [0.25, 0.3) is 0 Å². The highest BCUT2D eigenvalue weighted by Gasteiger charge is 2.29. The van der Waals surface area contributed by atoms with E-state index in [2.05, 4.69) is 15.2 Å². The van der Waals surface area contributed by atoms with Gasteiger partial charge in [0.2, 0.25) is 11.1 Å². The van der Waals surface area contributed by atoms with Crippen molar-refractivity contribution >= 4 is 23.6 Å². The number of nitrogens with one attached hydrogen (secondary N) is 1. The third kappa shape index (κ3) is 4.46. The largest absolute Gasteiger partial charge is 0.466 e. The van der Waals surface area contributed by atoms with Crippen LogP contribution in [0.5, 0.6) is 0 Å². The molecule has 1 aliphatic heterocycles. The first-order valence-electron chi connectivity index (χ1n) is 7.62. The number of aryl methyl sites for hydroxylation is 1. The van der Waals surface area contributed by atoms with Crippen LogP contribution in [-0.4, -0.2) is 57.4 Å². The molecule has 1 amide bonds. The summed E-state index contributed by atoms with van der Waals surface area (Å²) in [4.78, 5) is 30.1. The Bertz CT molecular complexity index is 520. The highest BCUT2D eigenvalue weighted by Crippen LogP contribution is 2.20. The van der Waals surface area contributed by atoms with E-state index in [-0.39, 0.29) is 23.5 Å². The van der Waals surface area contributed by atoms with Gasteiger partial charge in [0.25, 0.3) is 0 Å². The number of likely N-dealkylation sites (tertiary alicyclic amines) is 1. The van der Waals surface area contributed by atoms with Gasteiger partial charge in [0, 0.05) is 19.5 Å². The van der Waals surface area contributed by atoms with Crippen LogP contribution in [0.3, 0.4) is 0 Å². The number of hydrogen-bond acceptors (Lipinski definition) is 6. The van der Waals surface area contributed by atoms with Gasteiger partial charge in [0.15, 0.2) is 0 Å². The summed E-state index contributed by atoms with van der Waals surface area (Å²) in [5, 5.41) is 7.47. The molecule has 2 heterocycles. The number of aromatic nitrogens is 3. The first kappa shape index (κ1) is 16.8. The minimum atomic E-state index is -0.200. The van der Waals surface area contributed by atoms with E-state index in [1.807, 2.05) is 6.92 Å². The molecule has 1 aromatic rings. The van der Waals surface area contributed by atoms with Crippen LogP contribution in [-0.2, 0) is 20.7 Å². The maximum atomic E-state index is 12.3. The smallest absolute Gasteiger partial charge is 0.310 e. The van der Waals surface area contributed by atoms with Gasteiger partial charge < -0.3 is 9.64 Å². The number of H-pyrrole nitrogens is 1. The van der Waals surface area contributed by atoms with Crippen molar-refractivity contribution in [2.75, 3.05) is 25.4 Å². The number of carbonyl (C=O) groups excluding carboxylic acids is 2. The molecule has 1 saturated heterocycles. The van der Waals surface area contributed by atoms with Crippen molar-refractivity contribution < 1.29 is 14.3 Å². The van der Waals surface area contributed by atoms with E-state index in [4.69, 9.17) is 4.74 Å². The number of piperidine rings is 1. The van der Waals surface area contributed by atoms with Crippen LogP contribution in [0.1, 0.15) is 32.5 Å². The van der Waals surface area contributed by atoms with Crippen molar-refractivity contribution in [3.63, 3.8) is 0 Å². The Kier molecular flexibility index (Phi) is 6.23. The van der Waals surface area contributed by atoms with Crippen molar-refractivity contribution in [2.45, 2.75) is 38.3 Å². The van der Waals surface area contributed by atoms with Gasteiger partial charge in [0.1, 0.15) is 5.82 Å². The second kappa shape index (κ2) is 8.17. The summed E-state index contributed by atoms with van der Waals surface area (Å²) in [6.45, 7) is 5.31. The lowest BCUT2D eigenvalue weighted by atomic mass is 9.98. The third-order valence-corrected chi connectivity index (χ3v) is 4.40. The molecule has 22 heavy (non-hydrogen) atoms. The molecule has 0 bridgehead atoms. The molecule has 0 aliphatic carbocycles. The summed E-state index contributed by atoms with van der Waals surface area (Å²) in [6, 6.07) is 0. The standard InChI is InChI=1S/C14H22N4O3S/c1-3-11-15-14(17-16-11)22-9-12(19)18-7-5-6-10(8-18)13(20)21-4-2/h10H,3-9H2,1-2H3,(H,15,16,17)/t10-/m1/s1. The zero-order valence-electron chi connectivity index (χ0n) is 13.0. The highest BCUT2D eigenvalue weighted by atomic mass is 32.2. The van der Waals surface area contributed by atoms with E-state index >= 15 is 0 Å². The lowest BCUT2D eigenvalue weighted by molar-refractivity contribution is -0.151. The molecule has 0 radical (unpaired) electrons. The molecule has 8 heteroatoms. The maximum Gasteiger partial charge on any atom is 0.310 e. The molecule has 0 unspecified atom stereocenters. The number of esters is 1. The van der Waals surface area contributed by atoms with Crippen molar-refractivity contribution in [1.29, 1.82) is 0 Å². The summed E-state index contributed by atoms with van der Waals surface area (Å²) >= 11 is 1.32. The second-order valence-electron chi connectivity index (χ2n) is 5.14. The molecule has 122 valence electrons. The SMILES string of the molecule is CCOC(=O)[C@@H]1CCCN(C(=O)CSc2n[nH]c(CC)n2)C1. The van der Waals surface area contributed by atoms with Gasteiger partial charge in [-0.25, -0.2) is 4.98 Å². The summed E-state index contributed by atoms with van der Waals surface area (Å²) in [6.07, 6.45) is 2.41. The van der Waals surface area contributed by atoms with Crippen LogP contribution in [0, 0.1) is 5.92 Å². The van der Waals surface area contributed by atoms with E-state index in [9.17, 15) is 9.59 Å².